The summed E-state index contributed by atoms with van der Waals surface area (Å²) in [5.41, 5.74) is 2.83. The Hall–Kier alpha value is -2.41. The zero-order valence-corrected chi connectivity index (χ0v) is 21.9. The highest BCUT2D eigenvalue weighted by Gasteiger charge is 2.20. The van der Waals surface area contributed by atoms with Crippen molar-refractivity contribution in [1.82, 2.24) is 15.1 Å². The Balaban J connectivity index is 1.43. The highest BCUT2D eigenvalue weighted by atomic mass is 35.5. The second-order valence-electron chi connectivity index (χ2n) is 9.37. The SMILES string of the molecule is C[C@H]1CN(/C(=C\N2CCCCC2)Nc2ccc(N(C=O)CCc3ccc(Cl)cc3Cl)cc2)CCN1. The van der Waals surface area contributed by atoms with Gasteiger partial charge in [0.1, 0.15) is 5.82 Å². The lowest BCUT2D eigenvalue weighted by atomic mass is 10.1. The van der Waals surface area contributed by atoms with Crippen LogP contribution in [0.25, 0.3) is 0 Å². The molecule has 0 unspecified atom stereocenters. The standard InChI is InChI=1S/C27H35Cl2N5O/c1-21-18-33(16-12-30-21)27(19-32-13-3-2-4-14-32)31-24-7-9-25(10-8-24)34(20-35)15-11-22-5-6-23(28)17-26(22)29/h5-10,17,19-21,30-31H,2-4,11-16,18H2,1H3/b27-19-/t21-/m0/s1. The Bertz CT molecular complexity index is 1010. The smallest absolute Gasteiger partial charge is 0.214 e. The molecule has 0 radical (unpaired) electrons. The minimum Gasteiger partial charge on any atom is -0.374 e. The van der Waals surface area contributed by atoms with E-state index >= 15 is 0 Å². The molecule has 2 N–H and O–H groups in total. The summed E-state index contributed by atoms with van der Waals surface area (Å²) >= 11 is 12.3. The summed E-state index contributed by atoms with van der Waals surface area (Å²) in [7, 11) is 0. The van der Waals surface area contributed by atoms with Gasteiger partial charge in [0.2, 0.25) is 6.41 Å². The number of amides is 1. The van der Waals surface area contributed by atoms with Crippen LogP contribution < -0.4 is 15.5 Å². The van der Waals surface area contributed by atoms with Crippen molar-refractivity contribution < 1.29 is 4.79 Å². The van der Waals surface area contributed by atoms with Crippen LogP contribution in [-0.2, 0) is 11.2 Å². The van der Waals surface area contributed by atoms with Gasteiger partial charge in [-0.25, -0.2) is 0 Å². The maximum atomic E-state index is 11.8. The van der Waals surface area contributed by atoms with Crippen molar-refractivity contribution in [2.75, 3.05) is 49.5 Å². The van der Waals surface area contributed by atoms with Crippen LogP contribution in [-0.4, -0.2) is 61.5 Å². The second-order valence-corrected chi connectivity index (χ2v) is 10.2. The molecule has 0 spiro atoms. The van der Waals surface area contributed by atoms with Gasteiger partial charge >= 0.3 is 0 Å². The van der Waals surface area contributed by atoms with Gasteiger partial charge in [0.25, 0.3) is 0 Å². The zero-order chi connectivity index (χ0) is 24.6. The third-order valence-corrected chi connectivity index (χ3v) is 7.23. The predicted octanol–water partition coefficient (Wildman–Crippen LogP) is 5.19. The maximum absolute atomic E-state index is 11.8. The van der Waals surface area contributed by atoms with Crippen molar-refractivity contribution in [1.29, 1.82) is 0 Å². The number of likely N-dealkylation sites (tertiary alicyclic amines) is 1. The van der Waals surface area contributed by atoms with Gasteiger partial charge in [0.05, 0.1) is 0 Å². The van der Waals surface area contributed by atoms with Gasteiger partial charge in [-0.3, -0.25) is 4.79 Å². The van der Waals surface area contributed by atoms with E-state index in [0.717, 1.165) is 61.9 Å². The first-order chi connectivity index (χ1) is 17.0. The Kier molecular flexibility index (Phi) is 9.18. The van der Waals surface area contributed by atoms with Crippen LogP contribution in [0.3, 0.4) is 0 Å². The lowest BCUT2D eigenvalue weighted by Gasteiger charge is -2.37. The van der Waals surface area contributed by atoms with Crippen molar-refractivity contribution in [3.63, 3.8) is 0 Å². The van der Waals surface area contributed by atoms with Crippen LogP contribution in [0.4, 0.5) is 11.4 Å². The number of rotatable bonds is 9. The molecule has 188 valence electrons. The molecule has 0 saturated carbocycles. The fourth-order valence-electron chi connectivity index (χ4n) is 4.66. The lowest BCUT2D eigenvalue weighted by molar-refractivity contribution is -0.107. The highest BCUT2D eigenvalue weighted by Crippen LogP contribution is 2.24. The van der Waals surface area contributed by atoms with E-state index in [4.69, 9.17) is 23.2 Å². The average Bonchev–Trinajstić information content (AvgIpc) is 2.86. The van der Waals surface area contributed by atoms with Crippen molar-refractivity contribution in [3.05, 3.63) is 70.1 Å². The fraction of sp³-hybridized carbons (Fsp3) is 0.444. The summed E-state index contributed by atoms with van der Waals surface area (Å²) in [6, 6.07) is 14.0. The van der Waals surface area contributed by atoms with Gasteiger partial charge in [0.15, 0.2) is 0 Å². The molecular weight excluding hydrogens is 481 g/mol. The maximum Gasteiger partial charge on any atom is 0.214 e. The minimum absolute atomic E-state index is 0.452. The Morgan fingerprint density at radius 2 is 1.89 bits per heavy atom. The number of nitrogens with one attached hydrogen (secondary N) is 2. The number of benzene rings is 2. The molecule has 4 rings (SSSR count). The minimum atomic E-state index is 0.452. The molecule has 2 fully saturated rings. The second kappa shape index (κ2) is 12.5. The van der Waals surface area contributed by atoms with Crippen LogP contribution >= 0.6 is 23.2 Å². The number of hydrogen-bond donors (Lipinski definition) is 2. The molecule has 1 amide bonds. The fourth-order valence-corrected chi connectivity index (χ4v) is 5.16. The first-order valence-corrected chi connectivity index (χ1v) is 13.2. The van der Waals surface area contributed by atoms with Crippen molar-refractivity contribution in [2.24, 2.45) is 0 Å². The molecule has 2 saturated heterocycles. The van der Waals surface area contributed by atoms with Crippen molar-refractivity contribution in [2.45, 2.75) is 38.6 Å². The Morgan fingerprint density at radius 3 is 2.57 bits per heavy atom. The third kappa shape index (κ3) is 7.29. The number of hydrogen-bond acceptors (Lipinski definition) is 5. The number of nitrogens with zero attached hydrogens (tertiary/aromatic N) is 3. The Morgan fingerprint density at radius 1 is 1.11 bits per heavy atom. The van der Waals surface area contributed by atoms with Gasteiger partial charge < -0.3 is 25.3 Å². The molecule has 2 heterocycles. The first kappa shape index (κ1) is 25.7. The van der Waals surface area contributed by atoms with E-state index in [0.29, 0.717) is 29.1 Å². The largest absolute Gasteiger partial charge is 0.374 e. The molecule has 2 aliphatic heterocycles. The normalized spacial score (nSPS) is 18.9. The summed E-state index contributed by atoms with van der Waals surface area (Å²) in [5, 5.41) is 8.41. The monoisotopic (exact) mass is 515 g/mol. The number of carbonyl (C=O) groups is 1. The van der Waals surface area contributed by atoms with E-state index in [1.807, 2.05) is 36.4 Å². The van der Waals surface area contributed by atoms with Crippen LogP contribution in [0.1, 0.15) is 31.7 Å². The zero-order valence-electron chi connectivity index (χ0n) is 20.4. The van der Waals surface area contributed by atoms with Crippen molar-refractivity contribution in [3.8, 4) is 0 Å². The summed E-state index contributed by atoms with van der Waals surface area (Å²) < 4.78 is 0. The predicted molar refractivity (Wildman–Crippen MR) is 146 cm³/mol. The molecule has 8 heteroatoms. The van der Waals surface area contributed by atoms with Crippen LogP contribution in [0.5, 0.6) is 0 Å². The lowest BCUT2D eigenvalue weighted by Crippen LogP contribution is -2.50. The summed E-state index contributed by atoms with van der Waals surface area (Å²) in [6.07, 6.45) is 7.63. The molecule has 35 heavy (non-hydrogen) atoms. The average molecular weight is 517 g/mol. The van der Waals surface area contributed by atoms with Gasteiger partial charge in [0, 0.05) is 72.9 Å². The summed E-state index contributed by atoms with van der Waals surface area (Å²) in [5.74, 6) is 1.14. The highest BCUT2D eigenvalue weighted by molar-refractivity contribution is 6.35. The van der Waals surface area contributed by atoms with Crippen LogP contribution in [0.15, 0.2) is 54.5 Å². The molecule has 0 aromatic heterocycles. The molecule has 1 atom stereocenters. The van der Waals surface area contributed by atoms with E-state index in [-0.39, 0.29) is 0 Å². The third-order valence-electron chi connectivity index (χ3n) is 6.64. The van der Waals surface area contributed by atoms with Gasteiger partial charge in [-0.1, -0.05) is 29.3 Å². The van der Waals surface area contributed by atoms with Crippen LogP contribution in [0.2, 0.25) is 10.0 Å². The number of anilines is 2. The Labute approximate surface area is 218 Å². The molecule has 2 aromatic rings. The molecule has 2 aliphatic rings. The van der Waals surface area contributed by atoms with Crippen LogP contribution in [0, 0.1) is 0 Å². The molecule has 0 bridgehead atoms. The summed E-state index contributed by atoms with van der Waals surface area (Å²) in [6.45, 7) is 7.90. The number of halogens is 2. The quantitative estimate of drug-likeness (QED) is 0.450. The molecule has 2 aromatic carbocycles. The van der Waals surface area contributed by atoms with Gasteiger partial charge in [-0.2, -0.15) is 0 Å². The van der Waals surface area contributed by atoms with E-state index in [1.165, 1.54) is 19.3 Å². The molecule has 6 nitrogen and oxygen atoms in total. The van der Waals surface area contributed by atoms with E-state index in [9.17, 15) is 4.79 Å². The molecular formula is C27H35Cl2N5O. The number of piperidine rings is 1. The van der Waals surface area contributed by atoms with E-state index in [1.54, 1.807) is 11.0 Å². The summed E-state index contributed by atoms with van der Waals surface area (Å²) in [4.78, 5) is 18.4. The number of piperazine rings is 1. The number of carbonyl (C=O) groups excluding carboxylic acids is 1. The van der Waals surface area contributed by atoms with Gasteiger partial charge in [-0.15, -0.1) is 0 Å². The van der Waals surface area contributed by atoms with Gasteiger partial charge in [-0.05, 0) is 74.6 Å². The van der Waals surface area contributed by atoms with E-state index in [2.05, 4.69) is 33.6 Å². The topological polar surface area (TPSA) is 50.9 Å². The first-order valence-electron chi connectivity index (χ1n) is 12.5. The van der Waals surface area contributed by atoms with Crippen molar-refractivity contribution >= 4 is 41.0 Å². The molecule has 0 aliphatic carbocycles. The van der Waals surface area contributed by atoms with E-state index < -0.39 is 0 Å².